The Morgan fingerprint density at radius 3 is 2.09 bits per heavy atom. The van der Waals surface area contributed by atoms with Crippen LogP contribution in [0.15, 0.2) is 54.1 Å². The van der Waals surface area contributed by atoms with Crippen molar-refractivity contribution >= 4 is 11.6 Å². The van der Waals surface area contributed by atoms with Gasteiger partial charge in [0.15, 0.2) is 11.6 Å². The fourth-order valence-corrected chi connectivity index (χ4v) is 3.58. The summed E-state index contributed by atoms with van der Waals surface area (Å²) in [5, 5.41) is 0. The third-order valence-corrected chi connectivity index (χ3v) is 4.90. The first-order valence-electron chi connectivity index (χ1n) is 7.99. The van der Waals surface area contributed by atoms with Gasteiger partial charge in [0, 0.05) is 5.54 Å². The molecule has 1 aliphatic rings. The summed E-state index contributed by atoms with van der Waals surface area (Å²) in [5.41, 5.74) is 4.56. The van der Waals surface area contributed by atoms with E-state index in [1.54, 1.807) is 11.6 Å². The number of hydrogen-bond donors (Lipinski definition) is 0. The van der Waals surface area contributed by atoms with Gasteiger partial charge in [0.1, 0.15) is 0 Å². The molecular formula is C20H19ClF2. The zero-order valence-corrected chi connectivity index (χ0v) is 13.6. The molecule has 0 bridgehead atoms. The lowest BCUT2D eigenvalue weighted by Crippen LogP contribution is -2.11. The Morgan fingerprint density at radius 1 is 0.826 bits per heavy atom. The molecule has 1 aliphatic carbocycles. The minimum Gasteiger partial charge on any atom is -0.204 e. The van der Waals surface area contributed by atoms with Gasteiger partial charge >= 0.3 is 0 Å². The van der Waals surface area contributed by atoms with Gasteiger partial charge < -0.3 is 0 Å². The first-order chi connectivity index (χ1) is 11.2. The fraction of sp³-hybridized carbons (Fsp3) is 0.300. The van der Waals surface area contributed by atoms with E-state index in [9.17, 15) is 8.78 Å². The number of benzene rings is 2. The van der Waals surface area contributed by atoms with Crippen LogP contribution in [-0.2, 0) is 0 Å². The smallest absolute Gasteiger partial charge is 0.159 e. The molecule has 0 radical (unpaired) electrons. The van der Waals surface area contributed by atoms with E-state index in [1.807, 2.05) is 12.1 Å². The molecule has 0 unspecified atom stereocenters. The standard InChI is InChI=1S/C20H19ClF2/c21-12-11-14-1-3-15(4-2-14)16-5-7-17(8-6-16)18-9-10-19(22)20(23)13-18/h5-15H,1-4H2/b12-11+. The van der Waals surface area contributed by atoms with Crippen molar-refractivity contribution in [2.24, 2.45) is 5.92 Å². The largest absolute Gasteiger partial charge is 0.204 e. The van der Waals surface area contributed by atoms with Crippen molar-refractivity contribution < 1.29 is 8.78 Å². The second-order valence-corrected chi connectivity index (χ2v) is 6.43. The molecule has 3 heteroatoms. The van der Waals surface area contributed by atoms with Crippen LogP contribution in [0.3, 0.4) is 0 Å². The average molecular weight is 333 g/mol. The number of rotatable bonds is 3. The van der Waals surface area contributed by atoms with Gasteiger partial charge in [0.2, 0.25) is 0 Å². The highest BCUT2D eigenvalue weighted by molar-refractivity contribution is 6.25. The molecule has 0 N–H and O–H groups in total. The van der Waals surface area contributed by atoms with E-state index in [0.29, 0.717) is 17.4 Å². The molecule has 0 aliphatic heterocycles. The maximum atomic E-state index is 13.3. The van der Waals surface area contributed by atoms with Gasteiger partial charge in [-0.15, -0.1) is 0 Å². The highest BCUT2D eigenvalue weighted by Crippen LogP contribution is 2.37. The van der Waals surface area contributed by atoms with E-state index in [-0.39, 0.29) is 0 Å². The monoisotopic (exact) mass is 332 g/mol. The van der Waals surface area contributed by atoms with Crippen LogP contribution in [0.5, 0.6) is 0 Å². The van der Waals surface area contributed by atoms with Crippen LogP contribution in [0.25, 0.3) is 11.1 Å². The van der Waals surface area contributed by atoms with E-state index >= 15 is 0 Å². The number of halogens is 3. The molecule has 0 spiro atoms. The highest BCUT2D eigenvalue weighted by atomic mass is 35.5. The summed E-state index contributed by atoms with van der Waals surface area (Å²) in [7, 11) is 0. The summed E-state index contributed by atoms with van der Waals surface area (Å²) >= 11 is 5.65. The average Bonchev–Trinajstić information content (AvgIpc) is 2.59. The summed E-state index contributed by atoms with van der Waals surface area (Å²) in [5.74, 6) is -0.440. The Morgan fingerprint density at radius 2 is 1.48 bits per heavy atom. The second-order valence-electron chi connectivity index (χ2n) is 6.18. The molecular weight excluding hydrogens is 314 g/mol. The summed E-state index contributed by atoms with van der Waals surface area (Å²) in [6, 6.07) is 12.2. The summed E-state index contributed by atoms with van der Waals surface area (Å²) in [4.78, 5) is 0. The van der Waals surface area contributed by atoms with E-state index in [4.69, 9.17) is 11.6 Å². The minimum atomic E-state index is -0.812. The van der Waals surface area contributed by atoms with Crippen LogP contribution in [0.2, 0.25) is 0 Å². The van der Waals surface area contributed by atoms with Crippen molar-refractivity contribution in [2.45, 2.75) is 31.6 Å². The van der Waals surface area contributed by atoms with E-state index in [0.717, 1.165) is 18.4 Å². The van der Waals surface area contributed by atoms with Gasteiger partial charge in [0.05, 0.1) is 0 Å². The molecule has 1 saturated carbocycles. The predicted molar refractivity (Wildman–Crippen MR) is 91.5 cm³/mol. The van der Waals surface area contributed by atoms with Gasteiger partial charge in [-0.2, -0.15) is 0 Å². The van der Waals surface area contributed by atoms with Crippen LogP contribution in [-0.4, -0.2) is 0 Å². The van der Waals surface area contributed by atoms with Gasteiger partial charge in [0.25, 0.3) is 0 Å². The normalized spacial score (nSPS) is 21.7. The molecule has 23 heavy (non-hydrogen) atoms. The molecule has 120 valence electrons. The maximum absolute atomic E-state index is 13.3. The lowest BCUT2D eigenvalue weighted by molar-refractivity contribution is 0.376. The maximum Gasteiger partial charge on any atom is 0.159 e. The van der Waals surface area contributed by atoms with Crippen molar-refractivity contribution in [3.63, 3.8) is 0 Å². The van der Waals surface area contributed by atoms with Gasteiger partial charge in [-0.05, 0) is 66.3 Å². The summed E-state index contributed by atoms with van der Waals surface area (Å²) < 4.78 is 26.4. The van der Waals surface area contributed by atoms with Crippen molar-refractivity contribution in [3.8, 4) is 11.1 Å². The van der Waals surface area contributed by atoms with Gasteiger partial charge in [-0.25, -0.2) is 8.78 Å². The zero-order valence-electron chi connectivity index (χ0n) is 12.8. The third-order valence-electron chi connectivity index (χ3n) is 4.75. The Hall–Kier alpha value is -1.67. The zero-order chi connectivity index (χ0) is 16.2. The van der Waals surface area contributed by atoms with Gasteiger partial charge in [-0.3, -0.25) is 0 Å². The fourth-order valence-electron chi connectivity index (χ4n) is 3.37. The second kappa shape index (κ2) is 7.27. The van der Waals surface area contributed by atoms with Crippen LogP contribution < -0.4 is 0 Å². The van der Waals surface area contributed by atoms with Crippen LogP contribution >= 0.6 is 11.6 Å². The number of allylic oxidation sites excluding steroid dienone is 1. The molecule has 0 nitrogen and oxygen atoms in total. The third kappa shape index (κ3) is 3.81. The van der Waals surface area contributed by atoms with E-state index < -0.39 is 11.6 Å². The topological polar surface area (TPSA) is 0 Å². The lowest BCUT2D eigenvalue weighted by Gasteiger charge is -2.27. The van der Waals surface area contributed by atoms with Crippen molar-refractivity contribution in [3.05, 3.63) is 71.3 Å². The van der Waals surface area contributed by atoms with E-state index in [2.05, 4.69) is 18.2 Å². The van der Waals surface area contributed by atoms with Crippen molar-refractivity contribution in [2.75, 3.05) is 0 Å². The van der Waals surface area contributed by atoms with E-state index in [1.165, 1.54) is 30.5 Å². The molecule has 0 saturated heterocycles. The predicted octanol–water partition coefficient (Wildman–Crippen LogP) is 6.66. The molecule has 0 heterocycles. The van der Waals surface area contributed by atoms with Crippen LogP contribution in [0.4, 0.5) is 8.78 Å². The van der Waals surface area contributed by atoms with Crippen molar-refractivity contribution in [1.29, 1.82) is 0 Å². The highest BCUT2D eigenvalue weighted by Gasteiger charge is 2.20. The first kappa shape index (κ1) is 16.2. The summed E-state index contributed by atoms with van der Waals surface area (Å²) in [6.45, 7) is 0. The molecule has 3 rings (SSSR count). The summed E-state index contributed by atoms with van der Waals surface area (Å²) in [6.07, 6.45) is 6.74. The Kier molecular flexibility index (Phi) is 5.12. The Balaban J connectivity index is 1.71. The number of hydrogen-bond acceptors (Lipinski definition) is 0. The SMILES string of the molecule is Fc1ccc(-c2ccc(C3CCC(/C=C/Cl)CC3)cc2)cc1F. The molecule has 0 atom stereocenters. The molecule has 1 fully saturated rings. The molecule has 0 amide bonds. The quantitative estimate of drug-likeness (QED) is 0.589. The lowest BCUT2D eigenvalue weighted by atomic mass is 9.78. The van der Waals surface area contributed by atoms with Crippen LogP contribution in [0.1, 0.15) is 37.2 Å². The van der Waals surface area contributed by atoms with Crippen molar-refractivity contribution in [1.82, 2.24) is 0 Å². The first-order valence-corrected chi connectivity index (χ1v) is 8.43. The van der Waals surface area contributed by atoms with Gasteiger partial charge in [-0.1, -0.05) is 48.0 Å². The molecule has 2 aromatic carbocycles. The molecule has 0 aromatic heterocycles. The Bertz CT molecular complexity index is 683. The Labute approximate surface area is 140 Å². The molecule has 2 aromatic rings. The van der Waals surface area contributed by atoms with Crippen LogP contribution in [0, 0.1) is 17.6 Å². The minimum absolute atomic E-state index is 0.578.